The van der Waals surface area contributed by atoms with Gasteiger partial charge in [0.2, 0.25) is 11.5 Å². The van der Waals surface area contributed by atoms with Crippen LogP contribution in [0, 0.1) is 5.82 Å². The Bertz CT molecular complexity index is 1670. The molecule has 1 aliphatic rings. The number of aliphatic hydroxyl groups is 1. The van der Waals surface area contributed by atoms with Gasteiger partial charge in [0, 0.05) is 28.3 Å². The van der Waals surface area contributed by atoms with E-state index in [1.807, 2.05) is 0 Å². The van der Waals surface area contributed by atoms with Gasteiger partial charge in [0.15, 0.2) is 0 Å². The predicted octanol–water partition coefficient (Wildman–Crippen LogP) is 3.69. The molecule has 2 aromatic heterocycles. The number of alkyl halides is 3. The first kappa shape index (κ1) is 27.9. The molecular formula is C28H24F4N4O5. The fourth-order valence-electron chi connectivity index (χ4n) is 4.68. The number of nitrogens with one attached hydrogen (secondary N) is 2. The Kier molecular flexibility index (Phi) is 6.65. The zero-order valence-corrected chi connectivity index (χ0v) is 21.7. The zero-order chi connectivity index (χ0) is 29.7. The number of H-pyrrole nitrogens is 1. The minimum absolute atomic E-state index is 0.0120. The van der Waals surface area contributed by atoms with Crippen molar-refractivity contribution in [2.24, 2.45) is 5.73 Å². The third-order valence-corrected chi connectivity index (χ3v) is 7.24. The lowest BCUT2D eigenvalue weighted by molar-refractivity contribution is -0.265. The van der Waals surface area contributed by atoms with Crippen LogP contribution in [0.25, 0.3) is 22.2 Å². The summed E-state index contributed by atoms with van der Waals surface area (Å²) in [6.45, 7) is -0.231. The quantitative estimate of drug-likeness (QED) is 0.249. The summed E-state index contributed by atoms with van der Waals surface area (Å²) in [5.41, 5.74) is -0.0702. The summed E-state index contributed by atoms with van der Waals surface area (Å²) in [5.74, 6) is -2.13. The molecule has 1 aliphatic heterocycles. The number of carbonyl (C=O) groups excluding carboxylic acids is 2. The second kappa shape index (κ2) is 9.77. The first-order valence-electron chi connectivity index (χ1n) is 12.3. The highest BCUT2D eigenvalue weighted by atomic mass is 19.4. The number of halogens is 4. The summed E-state index contributed by atoms with van der Waals surface area (Å²) in [5, 5.41) is 13.9. The Hall–Kier alpha value is -4.65. The minimum Gasteiger partial charge on any atom is -0.495 e. The number of ether oxygens (including phenoxy) is 2. The van der Waals surface area contributed by atoms with Crippen LogP contribution in [-0.2, 0) is 15.8 Å². The van der Waals surface area contributed by atoms with Crippen LogP contribution in [-0.4, -0.2) is 53.3 Å². The third kappa shape index (κ3) is 4.61. The lowest BCUT2D eigenvalue weighted by Gasteiger charge is -2.31. The normalized spacial score (nSPS) is 17.9. The zero-order valence-electron chi connectivity index (χ0n) is 21.7. The van der Waals surface area contributed by atoms with Gasteiger partial charge in [-0.15, -0.1) is 0 Å². The van der Waals surface area contributed by atoms with E-state index in [0.717, 1.165) is 18.2 Å². The Morgan fingerprint density at radius 1 is 1.20 bits per heavy atom. The van der Waals surface area contributed by atoms with E-state index in [0.29, 0.717) is 16.7 Å². The summed E-state index contributed by atoms with van der Waals surface area (Å²) in [6, 6.07) is 10.0. The summed E-state index contributed by atoms with van der Waals surface area (Å²) >= 11 is 0. The molecule has 2 amide bonds. The van der Waals surface area contributed by atoms with Crippen LogP contribution in [0.2, 0.25) is 0 Å². The molecule has 9 nitrogen and oxygen atoms in total. The lowest BCUT2D eigenvalue weighted by atomic mass is 9.81. The van der Waals surface area contributed by atoms with Crippen molar-refractivity contribution in [2.75, 3.05) is 20.3 Å². The average Bonchev–Trinajstić information content (AvgIpc) is 3.55. The number of rotatable bonds is 7. The van der Waals surface area contributed by atoms with Crippen molar-refractivity contribution >= 4 is 22.7 Å². The molecule has 0 spiro atoms. The molecule has 5 rings (SSSR count). The maximum atomic E-state index is 14.6. The highest BCUT2D eigenvalue weighted by Gasteiger charge is 2.57. The molecule has 13 heteroatoms. The molecule has 4 aromatic rings. The summed E-state index contributed by atoms with van der Waals surface area (Å²) in [6.07, 6.45) is -3.73. The number of aromatic amines is 1. The number of fused-ring (bicyclic) bond motifs is 2. The van der Waals surface area contributed by atoms with E-state index < -0.39 is 47.1 Å². The van der Waals surface area contributed by atoms with Gasteiger partial charge in [0.25, 0.3) is 5.91 Å². The molecule has 3 heterocycles. The van der Waals surface area contributed by atoms with Crippen molar-refractivity contribution in [2.45, 2.75) is 24.1 Å². The fraction of sp³-hybridized carbons (Fsp3) is 0.250. The number of primary amides is 1. The fourth-order valence-corrected chi connectivity index (χ4v) is 4.68. The molecule has 0 saturated carbocycles. The van der Waals surface area contributed by atoms with E-state index in [1.54, 1.807) is 12.3 Å². The highest BCUT2D eigenvalue weighted by Crippen LogP contribution is 2.47. The minimum atomic E-state index is -5.34. The highest BCUT2D eigenvalue weighted by molar-refractivity contribution is 6.00. The predicted molar refractivity (Wildman–Crippen MR) is 139 cm³/mol. The van der Waals surface area contributed by atoms with Crippen LogP contribution in [0.3, 0.4) is 0 Å². The molecule has 2 atom stereocenters. The Balaban J connectivity index is 1.59. The second-order valence-electron chi connectivity index (χ2n) is 9.89. The number of nitrogens with zero attached hydrogens (tertiary/aromatic N) is 1. The SMILES string of the molecule is COc1cc(C(=O)NCC(O)(c2cc3c(c(-c4ccc(F)cc4)n2)OC[C@]3(C)C(N)=O)C(F)(F)F)cc2cc[nH]c12. The van der Waals surface area contributed by atoms with Crippen LogP contribution in [0.15, 0.2) is 54.7 Å². The van der Waals surface area contributed by atoms with Crippen molar-refractivity contribution < 1.29 is 41.7 Å². The molecular weight excluding hydrogens is 548 g/mol. The van der Waals surface area contributed by atoms with Crippen molar-refractivity contribution in [1.29, 1.82) is 0 Å². The van der Waals surface area contributed by atoms with Crippen molar-refractivity contribution in [3.05, 3.63) is 77.4 Å². The first-order valence-corrected chi connectivity index (χ1v) is 12.3. The Morgan fingerprint density at radius 3 is 2.54 bits per heavy atom. The van der Waals surface area contributed by atoms with E-state index >= 15 is 0 Å². The van der Waals surface area contributed by atoms with Crippen LogP contribution in [0.4, 0.5) is 17.6 Å². The van der Waals surface area contributed by atoms with Gasteiger partial charge in [-0.25, -0.2) is 9.37 Å². The number of pyridine rings is 1. The maximum absolute atomic E-state index is 14.6. The van der Waals surface area contributed by atoms with Crippen LogP contribution in [0.1, 0.15) is 28.5 Å². The molecule has 0 saturated heterocycles. The average molecular weight is 573 g/mol. The van der Waals surface area contributed by atoms with Gasteiger partial charge in [-0.2, -0.15) is 13.2 Å². The standard InChI is InChI=1S/C28H24F4N4O5/c1-26(25(33)38)13-41-23-18(26)11-20(36-22(23)14-3-5-17(29)6-4-14)27(39,28(30,31)32)12-35-24(37)16-9-15-7-8-34-21(15)19(10-16)40-2/h3-11,34,39H,12-13H2,1-2H3,(H2,33,38)(H,35,37)/t26-,27?/m0/s1. The van der Waals surface area contributed by atoms with Crippen LogP contribution in [0.5, 0.6) is 11.5 Å². The Labute approximate surface area is 230 Å². The molecule has 0 aliphatic carbocycles. The largest absolute Gasteiger partial charge is 0.495 e. The van der Waals surface area contributed by atoms with Crippen LogP contribution < -0.4 is 20.5 Å². The van der Waals surface area contributed by atoms with Crippen molar-refractivity contribution in [3.63, 3.8) is 0 Å². The number of hydrogen-bond donors (Lipinski definition) is 4. The van der Waals surface area contributed by atoms with E-state index in [9.17, 15) is 32.3 Å². The van der Waals surface area contributed by atoms with Gasteiger partial charge in [-0.3, -0.25) is 9.59 Å². The Morgan fingerprint density at radius 2 is 1.90 bits per heavy atom. The van der Waals surface area contributed by atoms with E-state index in [4.69, 9.17) is 15.2 Å². The summed E-state index contributed by atoms with van der Waals surface area (Å²) in [7, 11) is 1.38. The van der Waals surface area contributed by atoms with Gasteiger partial charge in [-0.1, -0.05) is 0 Å². The van der Waals surface area contributed by atoms with Crippen LogP contribution >= 0.6 is 0 Å². The maximum Gasteiger partial charge on any atom is 0.424 e. The molecule has 1 unspecified atom stereocenters. The molecule has 0 fully saturated rings. The first-order chi connectivity index (χ1) is 19.3. The number of aromatic nitrogens is 2. The van der Waals surface area contributed by atoms with E-state index in [1.165, 1.54) is 38.3 Å². The van der Waals surface area contributed by atoms with Crippen molar-refractivity contribution in [1.82, 2.24) is 15.3 Å². The molecule has 0 radical (unpaired) electrons. The molecule has 0 bridgehead atoms. The van der Waals surface area contributed by atoms with Gasteiger partial charge >= 0.3 is 6.18 Å². The number of amides is 2. The monoisotopic (exact) mass is 572 g/mol. The van der Waals surface area contributed by atoms with E-state index in [-0.39, 0.29) is 34.7 Å². The number of hydrogen-bond acceptors (Lipinski definition) is 6. The lowest BCUT2D eigenvalue weighted by Crippen LogP contribution is -2.51. The molecule has 5 N–H and O–H groups in total. The van der Waals surface area contributed by atoms with Crippen molar-refractivity contribution in [3.8, 4) is 22.8 Å². The molecule has 214 valence electrons. The topological polar surface area (TPSA) is 140 Å². The summed E-state index contributed by atoms with van der Waals surface area (Å²) in [4.78, 5) is 32.4. The smallest absolute Gasteiger partial charge is 0.424 e. The number of nitrogens with two attached hydrogens (primary N) is 1. The van der Waals surface area contributed by atoms with Gasteiger partial charge in [0.1, 0.15) is 35.0 Å². The van der Waals surface area contributed by atoms with Gasteiger partial charge in [-0.05, 0) is 55.5 Å². The van der Waals surface area contributed by atoms with Gasteiger partial charge < -0.3 is 30.6 Å². The number of methoxy groups -OCH3 is 1. The summed E-state index contributed by atoms with van der Waals surface area (Å²) < 4.78 is 68.3. The van der Waals surface area contributed by atoms with E-state index in [2.05, 4.69) is 15.3 Å². The number of benzene rings is 2. The molecule has 41 heavy (non-hydrogen) atoms. The van der Waals surface area contributed by atoms with Gasteiger partial charge in [0.05, 0.1) is 24.9 Å². The molecule has 2 aromatic carbocycles. The second-order valence-corrected chi connectivity index (χ2v) is 9.89. The number of carbonyl (C=O) groups is 2. The third-order valence-electron chi connectivity index (χ3n) is 7.24.